The number of carboxylic acid groups (broad SMARTS) is 1. The number of nitrogens with zero attached hydrogens (tertiary/aromatic N) is 3. The van der Waals surface area contributed by atoms with Crippen molar-refractivity contribution in [2.45, 2.75) is 20.3 Å². The molecule has 4 aromatic rings. The van der Waals surface area contributed by atoms with Crippen molar-refractivity contribution in [3.05, 3.63) is 88.7 Å². The molecule has 0 aliphatic carbocycles. The van der Waals surface area contributed by atoms with Gasteiger partial charge in [-0.2, -0.15) is 10.2 Å². The summed E-state index contributed by atoms with van der Waals surface area (Å²) in [5.74, 6) is 1.40. The summed E-state index contributed by atoms with van der Waals surface area (Å²) in [6.07, 6.45) is -0.0306. The van der Waals surface area contributed by atoms with E-state index in [4.69, 9.17) is 26.2 Å². The lowest BCUT2D eigenvalue weighted by Crippen LogP contribution is -2.02. The van der Waals surface area contributed by atoms with Crippen molar-refractivity contribution in [2.75, 3.05) is 0 Å². The van der Waals surface area contributed by atoms with Crippen molar-refractivity contribution in [3.63, 3.8) is 0 Å². The molecule has 1 aromatic heterocycles. The van der Waals surface area contributed by atoms with Crippen LogP contribution in [0.4, 0.5) is 0 Å². The lowest BCUT2D eigenvalue weighted by atomic mass is 10.1. The Morgan fingerprint density at radius 3 is 2.22 bits per heavy atom. The molecule has 0 atom stereocenters. The second-order valence-corrected chi connectivity index (χ2v) is 7.60. The Bertz CT molecular complexity index is 1250. The monoisotopic (exact) mass is 449 g/mol. The highest BCUT2D eigenvalue weighted by Gasteiger charge is 2.13. The number of carboxylic acids is 1. The van der Waals surface area contributed by atoms with Crippen molar-refractivity contribution in [1.82, 2.24) is 15.0 Å². The van der Waals surface area contributed by atoms with Gasteiger partial charge in [-0.15, -0.1) is 4.80 Å². The maximum Gasteiger partial charge on any atom is 0.307 e. The topological polar surface area (TPSA) is 86.5 Å². The zero-order valence-corrected chi connectivity index (χ0v) is 18.2. The molecule has 0 radical (unpaired) electrons. The Balaban J connectivity index is 1.55. The van der Waals surface area contributed by atoms with Crippen molar-refractivity contribution >= 4 is 17.6 Å². The number of halogens is 1. The maximum atomic E-state index is 10.8. The van der Waals surface area contributed by atoms with E-state index >= 15 is 0 Å². The van der Waals surface area contributed by atoms with Crippen LogP contribution in [0, 0.1) is 13.8 Å². The van der Waals surface area contributed by atoms with Crippen LogP contribution >= 0.6 is 11.6 Å². The first kappa shape index (κ1) is 21.4. The summed E-state index contributed by atoms with van der Waals surface area (Å²) in [6, 6.07) is 19.4. The highest BCUT2D eigenvalue weighted by molar-refractivity contribution is 6.30. The van der Waals surface area contributed by atoms with Crippen LogP contribution in [0.15, 0.2) is 66.7 Å². The SMILES string of the molecule is Cc1nn(-c2cc(Cl)ccc2Oc2cccc(Oc3ccc(CC(=O)O)cc3)c2)nc1C. The first-order valence-corrected chi connectivity index (χ1v) is 10.2. The van der Waals surface area contributed by atoms with Crippen LogP contribution in [0.3, 0.4) is 0 Å². The van der Waals surface area contributed by atoms with Crippen LogP contribution in [0.25, 0.3) is 5.69 Å². The van der Waals surface area contributed by atoms with Crippen LogP contribution in [-0.4, -0.2) is 26.1 Å². The third-order valence-electron chi connectivity index (χ3n) is 4.70. The zero-order valence-electron chi connectivity index (χ0n) is 17.4. The lowest BCUT2D eigenvalue weighted by Gasteiger charge is -2.12. The number of benzene rings is 3. The fraction of sp³-hybridized carbons (Fsp3) is 0.125. The predicted octanol–water partition coefficient (Wildman–Crippen LogP) is 5.75. The number of rotatable bonds is 7. The van der Waals surface area contributed by atoms with Crippen molar-refractivity contribution in [1.29, 1.82) is 0 Å². The molecule has 0 aliphatic rings. The Morgan fingerprint density at radius 2 is 1.56 bits per heavy atom. The van der Waals surface area contributed by atoms with E-state index < -0.39 is 5.97 Å². The summed E-state index contributed by atoms with van der Waals surface area (Å²) in [5, 5.41) is 18.3. The fourth-order valence-corrected chi connectivity index (χ4v) is 3.17. The largest absolute Gasteiger partial charge is 0.481 e. The normalized spacial score (nSPS) is 10.7. The van der Waals surface area contributed by atoms with Crippen molar-refractivity contribution in [3.8, 4) is 28.7 Å². The highest BCUT2D eigenvalue weighted by atomic mass is 35.5. The van der Waals surface area contributed by atoms with Gasteiger partial charge in [0.2, 0.25) is 0 Å². The van der Waals surface area contributed by atoms with Gasteiger partial charge in [0.15, 0.2) is 5.75 Å². The molecular formula is C24H20ClN3O4. The van der Waals surface area contributed by atoms with Gasteiger partial charge in [0.25, 0.3) is 0 Å². The van der Waals surface area contributed by atoms with E-state index in [0.717, 1.165) is 11.4 Å². The summed E-state index contributed by atoms with van der Waals surface area (Å²) in [7, 11) is 0. The van der Waals surface area contributed by atoms with E-state index in [1.165, 1.54) is 4.80 Å². The quantitative estimate of drug-likeness (QED) is 0.386. The molecule has 0 bridgehead atoms. The lowest BCUT2D eigenvalue weighted by molar-refractivity contribution is -0.136. The summed E-state index contributed by atoms with van der Waals surface area (Å²) >= 11 is 6.19. The third-order valence-corrected chi connectivity index (χ3v) is 4.93. The third kappa shape index (κ3) is 5.07. The van der Waals surface area contributed by atoms with Crippen LogP contribution in [0.5, 0.6) is 23.0 Å². The standard InChI is InChI=1S/C24H20ClN3O4/c1-15-16(2)27-28(26-15)22-13-18(25)8-11-23(22)32-21-5-3-4-20(14-21)31-19-9-6-17(7-10-19)12-24(29)30/h3-11,13-14H,12H2,1-2H3,(H,29,30). The molecular weight excluding hydrogens is 430 g/mol. The number of hydrogen-bond donors (Lipinski definition) is 1. The van der Waals surface area contributed by atoms with E-state index in [9.17, 15) is 4.79 Å². The van der Waals surface area contributed by atoms with Crippen LogP contribution in [0.1, 0.15) is 17.0 Å². The minimum absolute atomic E-state index is 0.0306. The predicted molar refractivity (Wildman–Crippen MR) is 120 cm³/mol. The number of carbonyl (C=O) groups is 1. The van der Waals surface area contributed by atoms with Gasteiger partial charge in [-0.1, -0.05) is 29.8 Å². The second kappa shape index (κ2) is 9.11. The molecule has 1 N–H and O–H groups in total. The molecule has 0 spiro atoms. The van der Waals surface area contributed by atoms with Crippen molar-refractivity contribution < 1.29 is 19.4 Å². The van der Waals surface area contributed by atoms with Crippen LogP contribution < -0.4 is 9.47 Å². The Morgan fingerprint density at radius 1 is 0.906 bits per heavy atom. The van der Waals surface area contributed by atoms with Gasteiger partial charge in [-0.25, -0.2) is 0 Å². The van der Waals surface area contributed by atoms with Gasteiger partial charge < -0.3 is 14.6 Å². The average Bonchev–Trinajstić information content (AvgIpc) is 3.09. The summed E-state index contributed by atoms with van der Waals surface area (Å²) in [4.78, 5) is 12.3. The average molecular weight is 450 g/mol. The molecule has 162 valence electrons. The molecule has 0 fully saturated rings. The molecule has 3 aromatic carbocycles. The van der Waals surface area contributed by atoms with Gasteiger partial charge in [0, 0.05) is 11.1 Å². The molecule has 7 nitrogen and oxygen atoms in total. The van der Waals surface area contributed by atoms with E-state index in [-0.39, 0.29) is 6.42 Å². The van der Waals surface area contributed by atoms with E-state index in [2.05, 4.69) is 10.2 Å². The summed E-state index contributed by atoms with van der Waals surface area (Å²) in [6.45, 7) is 3.78. The summed E-state index contributed by atoms with van der Waals surface area (Å²) < 4.78 is 12.0. The molecule has 1 heterocycles. The van der Waals surface area contributed by atoms with E-state index in [1.54, 1.807) is 48.5 Å². The first-order valence-electron chi connectivity index (χ1n) is 9.84. The van der Waals surface area contributed by atoms with E-state index in [0.29, 0.717) is 39.3 Å². The van der Waals surface area contributed by atoms with Gasteiger partial charge >= 0.3 is 5.97 Å². The Hall–Kier alpha value is -3.84. The molecule has 0 unspecified atom stereocenters. The highest BCUT2D eigenvalue weighted by Crippen LogP contribution is 2.33. The molecule has 32 heavy (non-hydrogen) atoms. The number of ether oxygens (including phenoxy) is 2. The minimum atomic E-state index is -0.874. The maximum absolute atomic E-state index is 10.8. The smallest absolute Gasteiger partial charge is 0.307 e. The zero-order chi connectivity index (χ0) is 22.7. The molecule has 0 aliphatic heterocycles. The summed E-state index contributed by atoms with van der Waals surface area (Å²) in [5.41, 5.74) is 2.96. The Labute approximate surface area is 189 Å². The Kier molecular flexibility index (Phi) is 6.09. The molecule has 0 amide bonds. The van der Waals surface area contributed by atoms with E-state index in [1.807, 2.05) is 32.0 Å². The van der Waals surface area contributed by atoms with Crippen LogP contribution in [0.2, 0.25) is 5.02 Å². The minimum Gasteiger partial charge on any atom is -0.481 e. The van der Waals surface area contributed by atoms with Crippen molar-refractivity contribution in [2.24, 2.45) is 0 Å². The molecule has 8 heteroatoms. The number of aromatic nitrogens is 3. The van der Waals surface area contributed by atoms with Crippen LogP contribution in [-0.2, 0) is 11.2 Å². The molecule has 0 saturated carbocycles. The van der Waals surface area contributed by atoms with Gasteiger partial charge in [0.1, 0.15) is 22.9 Å². The van der Waals surface area contributed by atoms with Gasteiger partial charge in [-0.05, 0) is 61.9 Å². The molecule has 0 saturated heterocycles. The first-order chi connectivity index (χ1) is 15.4. The fourth-order valence-electron chi connectivity index (χ4n) is 3.01. The number of aryl methyl sites for hydroxylation is 2. The van der Waals surface area contributed by atoms with Gasteiger partial charge in [-0.3, -0.25) is 4.79 Å². The second-order valence-electron chi connectivity index (χ2n) is 7.17. The number of aliphatic carboxylic acids is 1. The van der Waals surface area contributed by atoms with Gasteiger partial charge in [0.05, 0.1) is 17.8 Å². The number of hydrogen-bond acceptors (Lipinski definition) is 5. The molecule has 4 rings (SSSR count).